The van der Waals surface area contributed by atoms with Crippen molar-refractivity contribution in [3.05, 3.63) is 0 Å². The highest BCUT2D eigenvalue weighted by Crippen LogP contribution is 2.19. The van der Waals surface area contributed by atoms with Crippen molar-refractivity contribution in [2.75, 3.05) is 0 Å². The average molecular weight is 212 g/mol. The third kappa shape index (κ3) is 4.20. The van der Waals surface area contributed by atoms with E-state index < -0.39 is 21.0 Å². The lowest BCUT2D eigenvalue weighted by Gasteiger charge is -2.18. The van der Waals surface area contributed by atoms with Crippen LogP contribution in [0.15, 0.2) is 0 Å². The molecule has 0 radical (unpaired) electrons. The lowest BCUT2D eigenvalue weighted by atomic mass is 10.2. The van der Waals surface area contributed by atoms with Gasteiger partial charge in [-0.25, -0.2) is 0 Å². The summed E-state index contributed by atoms with van der Waals surface area (Å²) in [6, 6.07) is 0. The van der Waals surface area contributed by atoms with Crippen LogP contribution in [0.3, 0.4) is 0 Å². The number of hydrogen-bond acceptors (Lipinski definition) is 4. The minimum atomic E-state index is -4.54. The molecular weight excluding hydrogens is 200 g/mol. The Morgan fingerprint density at radius 1 is 1.46 bits per heavy atom. The Kier molecular flexibility index (Phi) is 3.83. The molecule has 0 bridgehead atoms. The van der Waals surface area contributed by atoms with Crippen LogP contribution in [0, 0.1) is 0 Å². The molecule has 3 N–H and O–H groups in total. The van der Waals surface area contributed by atoms with Gasteiger partial charge in [0, 0.05) is 6.42 Å². The number of carboxylic acids is 1. The number of carboxylic acid groups (broad SMARTS) is 1. The number of carbonyl (C=O) groups is 1. The van der Waals surface area contributed by atoms with E-state index >= 15 is 0 Å². The summed E-state index contributed by atoms with van der Waals surface area (Å²) in [5.41, 5.74) is 0. The molecule has 0 amide bonds. The first kappa shape index (κ1) is 12.3. The van der Waals surface area contributed by atoms with Crippen molar-refractivity contribution in [1.82, 2.24) is 0 Å². The van der Waals surface area contributed by atoms with Crippen molar-refractivity contribution in [2.24, 2.45) is 0 Å². The fraction of sp³-hybridized carbons (Fsp3) is 0.833. The standard InChI is InChI=1S/C6H12O6S/c1-6(9,13(10,11)12)4-2-3-5(7)8/h9H,2-4H2,1H3,(H,7,8)(H,10,11,12). The van der Waals surface area contributed by atoms with Gasteiger partial charge in [-0.2, -0.15) is 8.42 Å². The Morgan fingerprint density at radius 3 is 2.23 bits per heavy atom. The van der Waals surface area contributed by atoms with Gasteiger partial charge in [0.2, 0.25) is 0 Å². The van der Waals surface area contributed by atoms with Gasteiger partial charge in [-0.3, -0.25) is 9.35 Å². The summed E-state index contributed by atoms with van der Waals surface area (Å²) in [5.74, 6) is -1.08. The highest BCUT2D eigenvalue weighted by molar-refractivity contribution is 7.87. The van der Waals surface area contributed by atoms with Crippen molar-refractivity contribution >= 4 is 16.1 Å². The normalized spacial score (nSPS) is 16.5. The molecule has 0 aromatic carbocycles. The summed E-state index contributed by atoms with van der Waals surface area (Å²) < 4.78 is 29.5. The summed E-state index contributed by atoms with van der Waals surface area (Å²) in [4.78, 5) is 7.78. The molecule has 0 fully saturated rings. The number of aliphatic carboxylic acids is 1. The number of rotatable bonds is 5. The van der Waals surface area contributed by atoms with E-state index in [-0.39, 0.29) is 19.3 Å². The molecule has 7 heteroatoms. The predicted molar refractivity (Wildman–Crippen MR) is 43.7 cm³/mol. The first-order valence-corrected chi connectivity index (χ1v) is 5.02. The monoisotopic (exact) mass is 212 g/mol. The van der Waals surface area contributed by atoms with E-state index in [1.807, 2.05) is 0 Å². The lowest BCUT2D eigenvalue weighted by Crippen LogP contribution is -2.34. The third-order valence-corrected chi connectivity index (χ3v) is 2.90. The Labute approximate surface area is 75.9 Å². The van der Waals surface area contributed by atoms with Crippen molar-refractivity contribution < 1.29 is 28.0 Å². The molecule has 0 rings (SSSR count). The molecule has 0 aromatic rings. The fourth-order valence-corrected chi connectivity index (χ4v) is 1.10. The molecular formula is C6H12O6S. The first-order chi connectivity index (χ1) is 5.67. The quantitative estimate of drug-likeness (QED) is 0.546. The summed E-state index contributed by atoms with van der Waals surface area (Å²) in [6.07, 6.45) is -0.564. The predicted octanol–water partition coefficient (Wildman–Crippen LogP) is -0.162. The van der Waals surface area contributed by atoms with E-state index in [1.54, 1.807) is 0 Å². The van der Waals surface area contributed by atoms with Gasteiger partial charge < -0.3 is 10.2 Å². The molecule has 0 aliphatic carbocycles. The van der Waals surface area contributed by atoms with E-state index in [0.717, 1.165) is 6.92 Å². The zero-order chi connectivity index (χ0) is 10.7. The van der Waals surface area contributed by atoms with Gasteiger partial charge in [0.1, 0.15) is 0 Å². The fourth-order valence-electron chi connectivity index (χ4n) is 0.697. The molecule has 0 aliphatic rings. The first-order valence-electron chi connectivity index (χ1n) is 3.58. The van der Waals surface area contributed by atoms with E-state index in [2.05, 4.69) is 0 Å². The topological polar surface area (TPSA) is 112 Å². The molecule has 0 aromatic heterocycles. The van der Waals surface area contributed by atoms with E-state index in [1.165, 1.54) is 0 Å². The van der Waals surface area contributed by atoms with Gasteiger partial charge in [-0.05, 0) is 19.8 Å². The Balaban J connectivity index is 4.13. The molecule has 13 heavy (non-hydrogen) atoms. The second-order valence-electron chi connectivity index (χ2n) is 2.90. The minimum absolute atomic E-state index is 0.0118. The van der Waals surface area contributed by atoms with Gasteiger partial charge in [0.25, 0.3) is 10.1 Å². The van der Waals surface area contributed by atoms with Gasteiger partial charge in [0.15, 0.2) is 4.93 Å². The van der Waals surface area contributed by atoms with Crippen LogP contribution in [0.2, 0.25) is 0 Å². The maximum Gasteiger partial charge on any atom is 0.303 e. The van der Waals surface area contributed by atoms with E-state index in [0.29, 0.717) is 0 Å². The Morgan fingerprint density at radius 2 is 1.92 bits per heavy atom. The van der Waals surface area contributed by atoms with Crippen LogP contribution in [-0.2, 0) is 14.9 Å². The van der Waals surface area contributed by atoms with Crippen LogP contribution < -0.4 is 0 Å². The molecule has 0 saturated heterocycles. The minimum Gasteiger partial charge on any atom is -0.481 e. The second-order valence-corrected chi connectivity index (χ2v) is 4.73. The molecule has 78 valence electrons. The summed E-state index contributed by atoms with van der Waals surface area (Å²) in [7, 11) is -4.54. The van der Waals surface area contributed by atoms with Gasteiger partial charge >= 0.3 is 5.97 Å². The highest BCUT2D eigenvalue weighted by atomic mass is 32.2. The smallest absolute Gasteiger partial charge is 0.303 e. The largest absolute Gasteiger partial charge is 0.481 e. The number of hydrogen-bond donors (Lipinski definition) is 3. The molecule has 0 aliphatic heterocycles. The molecule has 0 heterocycles. The average Bonchev–Trinajstić information content (AvgIpc) is 1.82. The maximum absolute atomic E-state index is 10.5. The molecule has 0 spiro atoms. The summed E-state index contributed by atoms with van der Waals surface area (Å²) >= 11 is 0. The van der Waals surface area contributed by atoms with E-state index in [9.17, 15) is 13.2 Å². The molecule has 1 atom stereocenters. The van der Waals surface area contributed by atoms with Crippen molar-refractivity contribution in [3.8, 4) is 0 Å². The van der Waals surface area contributed by atoms with Crippen LogP contribution in [0.1, 0.15) is 26.2 Å². The van der Waals surface area contributed by atoms with Crippen LogP contribution in [0.25, 0.3) is 0 Å². The van der Waals surface area contributed by atoms with Crippen molar-refractivity contribution in [2.45, 2.75) is 31.1 Å². The molecule has 6 nitrogen and oxygen atoms in total. The zero-order valence-corrected chi connectivity index (χ0v) is 7.91. The SMILES string of the molecule is CC(O)(CCCC(=O)O)S(=O)(=O)O. The summed E-state index contributed by atoms with van der Waals surface area (Å²) in [6.45, 7) is 0.921. The van der Waals surface area contributed by atoms with Crippen LogP contribution in [-0.4, -0.2) is 34.1 Å². The Hall–Kier alpha value is -0.660. The number of aliphatic hydroxyl groups is 1. The van der Waals surface area contributed by atoms with Gasteiger partial charge in [-0.1, -0.05) is 0 Å². The third-order valence-electron chi connectivity index (χ3n) is 1.59. The van der Waals surface area contributed by atoms with Crippen molar-refractivity contribution in [1.29, 1.82) is 0 Å². The zero-order valence-electron chi connectivity index (χ0n) is 7.10. The van der Waals surface area contributed by atoms with Crippen LogP contribution in [0.5, 0.6) is 0 Å². The van der Waals surface area contributed by atoms with Crippen molar-refractivity contribution in [3.63, 3.8) is 0 Å². The van der Waals surface area contributed by atoms with Gasteiger partial charge in [0.05, 0.1) is 0 Å². The van der Waals surface area contributed by atoms with Crippen LogP contribution in [0.4, 0.5) is 0 Å². The molecule has 1 unspecified atom stereocenters. The van der Waals surface area contributed by atoms with E-state index in [4.69, 9.17) is 14.8 Å². The Bertz CT molecular complexity index is 277. The van der Waals surface area contributed by atoms with Crippen LogP contribution >= 0.6 is 0 Å². The van der Waals surface area contributed by atoms with Gasteiger partial charge in [-0.15, -0.1) is 0 Å². The highest BCUT2D eigenvalue weighted by Gasteiger charge is 2.34. The molecule has 0 saturated carbocycles. The maximum atomic E-state index is 10.5. The second kappa shape index (κ2) is 4.03. The summed E-state index contributed by atoms with van der Waals surface area (Å²) in [5, 5.41) is 17.4. The lowest BCUT2D eigenvalue weighted by molar-refractivity contribution is -0.137.